The Morgan fingerprint density at radius 1 is 1.04 bits per heavy atom. The summed E-state index contributed by atoms with van der Waals surface area (Å²) in [7, 11) is -3.83. The maximum Gasteiger partial charge on any atom is 0.243 e. The fraction of sp³-hybridized carbons (Fsp3) is 0.222. The van der Waals surface area contributed by atoms with Crippen molar-refractivity contribution in [3.63, 3.8) is 0 Å². The van der Waals surface area contributed by atoms with Gasteiger partial charge in [0.25, 0.3) is 0 Å². The average molecular weight is 375 g/mol. The maximum absolute atomic E-state index is 13.0. The Morgan fingerprint density at radius 2 is 1.65 bits per heavy atom. The molecule has 0 saturated heterocycles. The minimum atomic E-state index is -3.83. The van der Waals surface area contributed by atoms with Gasteiger partial charge in [-0.05, 0) is 29.8 Å². The predicted octanol–water partition coefficient (Wildman–Crippen LogP) is 1.71. The molecule has 0 aliphatic carbocycles. The zero-order valence-electron chi connectivity index (χ0n) is 14.4. The molecule has 8 heteroatoms. The second kappa shape index (κ2) is 8.59. The van der Waals surface area contributed by atoms with E-state index in [-0.39, 0.29) is 30.3 Å². The number of nitrogens with two attached hydrogens (primary N) is 1. The van der Waals surface area contributed by atoms with Gasteiger partial charge < -0.3 is 11.1 Å². The zero-order chi connectivity index (χ0) is 19.2. The Labute approximate surface area is 152 Å². The summed E-state index contributed by atoms with van der Waals surface area (Å²) >= 11 is 0. The molecule has 2 rings (SSSR count). The van der Waals surface area contributed by atoms with Crippen LogP contribution in [0, 0.1) is 0 Å². The van der Waals surface area contributed by atoms with Crippen molar-refractivity contribution in [1.29, 1.82) is 0 Å². The monoisotopic (exact) mass is 375 g/mol. The van der Waals surface area contributed by atoms with Crippen molar-refractivity contribution in [3.05, 3.63) is 60.2 Å². The first-order chi connectivity index (χ1) is 12.3. The quantitative estimate of drug-likeness (QED) is 0.732. The smallest absolute Gasteiger partial charge is 0.243 e. The maximum atomic E-state index is 13.0. The van der Waals surface area contributed by atoms with Crippen LogP contribution >= 0.6 is 0 Å². The SMILES string of the molecule is CC(=O)Nc1ccc(S(=O)(=O)N(CCC(N)=O)Cc2ccccc2)cc1. The highest BCUT2D eigenvalue weighted by molar-refractivity contribution is 7.89. The summed E-state index contributed by atoms with van der Waals surface area (Å²) < 4.78 is 27.2. The van der Waals surface area contributed by atoms with Crippen molar-refractivity contribution < 1.29 is 18.0 Å². The Hall–Kier alpha value is -2.71. The molecule has 0 spiro atoms. The van der Waals surface area contributed by atoms with Gasteiger partial charge in [-0.1, -0.05) is 30.3 Å². The van der Waals surface area contributed by atoms with E-state index in [1.54, 1.807) is 0 Å². The summed E-state index contributed by atoms with van der Waals surface area (Å²) in [6, 6.07) is 15.0. The summed E-state index contributed by atoms with van der Waals surface area (Å²) in [4.78, 5) is 22.3. The van der Waals surface area contributed by atoms with E-state index in [1.807, 2.05) is 30.3 Å². The molecule has 138 valence electrons. The Bertz CT molecular complexity index is 865. The molecule has 0 heterocycles. The van der Waals surface area contributed by atoms with E-state index >= 15 is 0 Å². The van der Waals surface area contributed by atoms with E-state index in [9.17, 15) is 18.0 Å². The van der Waals surface area contributed by atoms with Gasteiger partial charge in [-0.25, -0.2) is 8.42 Å². The van der Waals surface area contributed by atoms with Gasteiger partial charge in [0, 0.05) is 32.1 Å². The lowest BCUT2D eigenvalue weighted by Gasteiger charge is -2.22. The normalized spacial score (nSPS) is 11.3. The van der Waals surface area contributed by atoms with E-state index in [0.717, 1.165) is 5.56 Å². The number of benzene rings is 2. The third-order valence-corrected chi connectivity index (χ3v) is 5.48. The standard InChI is InChI=1S/C18H21N3O4S/c1-14(22)20-16-7-9-17(10-8-16)26(24,25)21(12-11-18(19)23)13-15-5-3-2-4-6-15/h2-10H,11-13H2,1H3,(H2,19,23)(H,20,22). The number of nitrogens with zero attached hydrogens (tertiary/aromatic N) is 1. The van der Waals surface area contributed by atoms with Crippen LogP contribution in [0.4, 0.5) is 5.69 Å². The van der Waals surface area contributed by atoms with Crippen LogP contribution in [0.1, 0.15) is 18.9 Å². The predicted molar refractivity (Wildman–Crippen MR) is 98.6 cm³/mol. The van der Waals surface area contributed by atoms with Crippen molar-refractivity contribution >= 4 is 27.5 Å². The molecule has 0 unspecified atom stereocenters. The molecule has 0 aliphatic rings. The van der Waals surface area contributed by atoms with Crippen LogP contribution in [0.2, 0.25) is 0 Å². The molecule has 2 amide bonds. The lowest BCUT2D eigenvalue weighted by atomic mass is 10.2. The van der Waals surface area contributed by atoms with E-state index < -0.39 is 15.9 Å². The van der Waals surface area contributed by atoms with Crippen LogP contribution in [0.25, 0.3) is 0 Å². The van der Waals surface area contributed by atoms with Crippen molar-refractivity contribution in [2.45, 2.75) is 24.8 Å². The number of carbonyl (C=O) groups excluding carboxylic acids is 2. The Morgan fingerprint density at radius 3 is 2.19 bits per heavy atom. The number of hydrogen-bond acceptors (Lipinski definition) is 4. The number of sulfonamides is 1. The molecule has 0 aliphatic heterocycles. The van der Waals surface area contributed by atoms with Gasteiger partial charge in [-0.15, -0.1) is 0 Å². The molecule has 0 atom stereocenters. The van der Waals surface area contributed by atoms with Gasteiger partial charge in [-0.3, -0.25) is 9.59 Å². The van der Waals surface area contributed by atoms with Gasteiger partial charge in [-0.2, -0.15) is 4.31 Å². The summed E-state index contributed by atoms with van der Waals surface area (Å²) in [5.41, 5.74) is 6.49. The molecule has 0 saturated carbocycles. The van der Waals surface area contributed by atoms with Crippen LogP contribution in [-0.4, -0.2) is 31.1 Å². The number of hydrogen-bond donors (Lipinski definition) is 2. The van der Waals surface area contributed by atoms with Gasteiger partial charge in [0.2, 0.25) is 21.8 Å². The molecule has 7 nitrogen and oxygen atoms in total. The third-order valence-electron chi connectivity index (χ3n) is 3.62. The van der Waals surface area contributed by atoms with Crippen LogP contribution in [0.15, 0.2) is 59.5 Å². The number of carbonyl (C=O) groups is 2. The highest BCUT2D eigenvalue weighted by atomic mass is 32.2. The minimum Gasteiger partial charge on any atom is -0.370 e. The Kier molecular flexibility index (Phi) is 6.48. The molecule has 2 aromatic carbocycles. The third kappa shape index (κ3) is 5.40. The van der Waals surface area contributed by atoms with Gasteiger partial charge in [0.1, 0.15) is 0 Å². The molecule has 0 radical (unpaired) electrons. The summed E-state index contributed by atoms with van der Waals surface area (Å²) in [6.45, 7) is 1.49. The van der Waals surface area contributed by atoms with E-state index in [1.165, 1.54) is 35.5 Å². The lowest BCUT2D eigenvalue weighted by molar-refractivity contribution is -0.118. The number of rotatable bonds is 8. The van der Waals surface area contributed by atoms with Crippen LogP contribution in [-0.2, 0) is 26.2 Å². The van der Waals surface area contributed by atoms with E-state index in [2.05, 4.69) is 5.32 Å². The van der Waals surface area contributed by atoms with Crippen molar-refractivity contribution in [2.75, 3.05) is 11.9 Å². The topological polar surface area (TPSA) is 110 Å². The summed E-state index contributed by atoms with van der Waals surface area (Å²) in [5.74, 6) is -0.813. The van der Waals surface area contributed by atoms with Gasteiger partial charge in [0.15, 0.2) is 0 Å². The highest BCUT2D eigenvalue weighted by Crippen LogP contribution is 2.21. The first-order valence-electron chi connectivity index (χ1n) is 7.99. The minimum absolute atomic E-state index is 0.0139. The molecule has 0 aromatic heterocycles. The van der Waals surface area contributed by atoms with Crippen LogP contribution < -0.4 is 11.1 Å². The van der Waals surface area contributed by atoms with E-state index in [0.29, 0.717) is 5.69 Å². The molecule has 2 aromatic rings. The highest BCUT2D eigenvalue weighted by Gasteiger charge is 2.25. The first-order valence-corrected chi connectivity index (χ1v) is 9.43. The zero-order valence-corrected chi connectivity index (χ0v) is 15.2. The largest absolute Gasteiger partial charge is 0.370 e. The van der Waals surface area contributed by atoms with Gasteiger partial charge in [0.05, 0.1) is 4.90 Å². The molecular weight excluding hydrogens is 354 g/mol. The van der Waals surface area contributed by atoms with Crippen molar-refractivity contribution in [3.8, 4) is 0 Å². The van der Waals surface area contributed by atoms with Crippen LogP contribution in [0.5, 0.6) is 0 Å². The fourth-order valence-electron chi connectivity index (χ4n) is 2.37. The molecular formula is C18H21N3O4S. The van der Waals surface area contributed by atoms with Crippen molar-refractivity contribution in [1.82, 2.24) is 4.31 Å². The number of nitrogens with one attached hydrogen (secondary N) is 1. The molecule has 3 N–H and O–H groups in total. The fourth-order valence-corrected chi connectivity index (χ4v) is 3.80. The van der Waals surface area contributed by atoms with Crippen molar-refractivity contribution in [2.24, 2.45) is 5.73 Å². The summed E-state index contributed by atoms with van der Waals surface area (Å²) in [6.07, 6.45) is -0.0734. The second-order valence-corrected chi connectivity index (χ2v) is 7.68. The molecule has 0 bridgehead atoms. The van der Waals surface area contributed by atoms with E-state index in [4.69, 9.17) is 5.73 Å². The van der Waals surface area contributed by atoms with Crippen LogP contribution in [0.3, 0.4) is 0 Å². The first kappa shape index (κ1) is 19.6. The molecule has 26 heavy (non-hydrogen) atoms. The molecule has 0 fully saturated rings. The van der Waals surface area contributed by atoms with Gasteiger partial charge >= 0.3 is 0 Å². The second-order valence-electron chi connectivity index (χ2n) is 5.75. The summed E-state index contributed by atoms with van der Waals surface area (Å²) in [5, 5.41) is 2.58. The number of primary amides is 1. The number of anilines is 1. The average Bonchev–Trinajstić information content (AvgIpc) is 2.59. The number of amides is 2. The lowest BCUT2D eigenvalue weighted by Crippen LogP contribution is -2.33. The Balaban J connectivity index is 2.28.